The average Bonchev–Trinajstić information content (AvgIpc) is 3.05. The Bertz CT molecular complexity index is 1040. The van der Waals surface area contributed by atoms with E-state index in [9.17, 15) is 19.2 Å². The molecule has 1 saturated heterocycles. The predicted molar refractivity (Wildman–Crippen MR) is 120 cm³/mol. The summed E-state index contributed by atoms with van der Waals surface area (Å²) in [5.41, 5.74) is 1.65. The molecule has 1 aliphatic heterocycles. The third-order valence-electron chi connectivity index (χ3n) is 6.41. The van der Waals surface area contributed by atoms with Crippen molar-refractivity contribution in [3.63, 3.8) is 0 Å². The van der Waals surface area contributed by atoms with Gasteiger partial charge in [-0.3, -0.25) is 19.2 Å². The van der Waals surface area contributed by atoms with E-state index in [1.165, 1.54) is 12.1 Å². The minimum Gasteiger partial charge on any atom is -0.292 e. The Morgan fingerprint density at radius 2 is 1.41 bits per heavy atom. The number of nitrogens with zero attached hydrogens (tertiary/aromatic N) is 2. The lowest BCUT2D eigenvalue weighted by Crippen LogP contribution is -2.56. The van der Waals surface area contributed by atoms with Crippen molar-refractivity contribution in [3.8, 4) is 0 Å². The fourth-order valence-electron chi connectivity index (χ4n) is 4.59. The van der Waals surface area contributed by atoms with Crippen LogP contribution in [0.4, 0.5) is 0 Å². The molecule has 0 spiro atoms. The molecule has 2 aromatic rings. The molecule has 32 heavy (non-hydrogen) atoms. The molecule has 0 aromatic heterocycles. The topological polar surface area (TPSA) is 74.8 Å². The zero-order chi connectivity index (χ0) is 23.0. The predicted octanol–water partition coefficient (Wildman–Crippen LogP) is 4.45. The van der Waals surface area contributed by atoms with Gasteiger partial charge in [-0.2, -0.15) is 5.01 Å². The quantitative estimate of drug-likeness (QED) is 0.496. The summed E-state index contributed by atoms with van der Waals surface area (Å²) in [7, 11) is 0. The summed E-state index contributed by atoms with van der Waals surface area (Å²) in [6.07, 6.45) is 2.98. The van der Waals surface area contributed by atoms with E-state index in [0.29, 0.717) is 23.4 Å². The standard InChI is InChI=1S/C25H25ClN2O4/c1-15-7-9-17(10-8-15)22(29)16(2)27(23(30)18-11-13-19(26)14-12-18)28-24(31)20-5-3-4-6-21(20)25(28)32/h7-14,16,20-21H,3-6H2,1-2H3/t16-,20+,21+/m0/s1. The summed E-state index contributed by atoms with van der Waals surface area (Å²) in [5, 5.41) is 2.44. The van der Waals surface area contributed by atoms with E-state index in [2.05, 4.69) is 0 Å². The van der Waals surface area contributed by atoms with Crippen molar-refractivity contribution >= 4 is 35.1 Å². The molecule has 1 saturated carbocycles. The van der Waals surface area contributed by atoms with Gasteiger partial charge in [-0.1, -0.05) is 54.3 Å². The van der Waals surface area contributed by atoms with Crippen LogP contribution in [0.3, 0.4) is 0 Å². The van der Waals surface area contributed by atoms with E-state index in [-0.39, 0.29) is 11.3 Å². The SMILES string of the molecule is Cc1ccc(C(=O)[C@H](C)N(C(=O)c2ccc(Cl)cc2)N2C(=O)[C@@H]3CCCC[C@H]3C2=O)cc1. The second-order valence-corrected chi connectivity index (χ2v) is 8.99. The Balaban J connectivity index is 1.74. The normalized spacial score (nSPS) is 21.3. The van der Waals surface area contributed by atoms with Crippen LogP contribution in [0.2, 0.25) is 5.02 Å². The fraction of sp³-hybridized carbons (Fsp3) is 0.360. The van der Waals surface area contributed by atoms with Crippen LogP contribution in [0.25, 0.3) is 0 Å². The highest BCUT2D eigenvalue weighted by Crippen LogP contribution is 2.39. The molecule has 0 N–H and O–H groups in total. The number of carbonyl (C=O) groups is 4. The van der Waals surface area contributed by atoms with Gasteiger partial charge < -0.3 is 0 Å². The van der Waals surface area contributed by atoms with Crippen LogP contribution < -0.4 is 0 Å². The van der Waals surface area contributed by atoms with Crippen molar-refractivity contribution in [1.82, 2.24) is 10.0 Å². The summed E-state index contributed by atoms with van der Waals surface area (Å²) in [6, 6.07) is 12.1. The number of Topliss-reactive ketones (excluding diaryl/α,β-unsaturated/α-hetero) is 1. The van der Waals surface area contributed by atoms with Crippen molar-refractivity contribution < 1.29 is 19.2 Å². The number of hydrogen-bond acceptors (Lipinski definition) is 4. The van der Waals surface area contributed by atoms with E-state index >= 15 is 0 Å². The lowest BCUT2D eigenvalue weighted by molar-refractivity contribution is -0.156. The molecule has 2 fully saturated rings. The lowest BCUT2D eigenvalue weighted by atomic mass is 9.81. The summed E-state index contributed by atoms with van der Waals surface area (Å²) < 4.78 is 0. The Morgan fingerprint density at radius 1 is 0.906 bits per heavy atom. The first-order chi connectivity index (χ1) is 15.3. The fourth-order valence-corrected chi connectivity index (χ4v) is 4.72. The molecule has 1 aliphatic carbocycles. The van der Waals surface area contributed by atoms with Crippen molar-refractivity contribution in [2.45, 2.75) is 45.6 Å². The van der Waals surface area contributed by atoms with E-state index in [4.69, 9.17) is 11.6 Å². The maximum absolute atomic E-state index is 13.6. The van der Waals surface area contributed by atoms with Gasteiger partial charge in [-0.25, -0.2) is 5.01 Å². The smallest absolute Gasteiger partial charge is 0.273 e. The first-order valence-corrected chi connectivity index (χ1v) is 11.2. The minimum atomic E-state index is -1.05. The zero-order valence-electron chi connectivity index (χ0n) is 18.1. The molecule has 3 atom stereocenters. The Labute approximate surface area is 192 Å². The number of fused-ring (bicyclic) bond motifs is 1. The molecular formula is C25H25ClN2O4. The molecule has 1 heterocycles. The molecule has 0 bridgehead atoms. The first kappa shape index (κ1) is 22.2. The number of ketones is 1. The molecule has 0 radical (unpaired) electrons. The summed E-state index contributed by atoms with van der Waals surface area (Å²) in [4.78, 5) is 53.4. The van der Waals surface area contributed by atoms with Crippen LogP contribution in [0.5, 0.6) is 0 Å². The largest absolute Gasteiger partial charge is 0.292 e. The molecule has 0 unspecified atom stereocenters. The number of hydrazine groups is 1. The number of aryl methyl sites for hydroxylation is 1. The van der Waals surface area contributed by atoms with Crippen molar-refractivity contribution in [2.24, 2.45) is 11.8 Å². The maximum Gasteiger partial charge on any atom is 0.273 e. The highest BCUT2D eigenvalue weighted by Gasteiger charge is 2.53. The number of benzene rings is 2. The highest BCUT2D eigenvalue weighted by molar-refractivity contribution is 6.30. The lowest BCUT2D eigenvalue weighted by Gasteiger charge is -2.34. The number of carbonyl (C=O) groups excluding carboxylic acids is 4. The monoisotopic (exact) mass is 452 g/mol. The molecule has 7 heteroatoms. The Morgan fingerprint density at radius 3 is 1.94 bits per heavy atom. The van der Waals surface area contributed by atoms with Gasteiger partial charge in [0.05, 0.1) is 11.8 Å². The summed E-state index contributed by atoms with van der Waals surface area (Å²) in [5.74, 6) is -2.59. The molecular weight excluding hydrogens is 428 g/mol. The van der Waals surface area contributed by atoms with Crippen molar-refractivity contribution in [2.75, 3.05) is 0 Å². The van der Waals surface area contributed by atoms with Crippen LogP contribution in [0, 0.1) is 18.8 Å². The third kappa shape index (κ3) is 3.95. The third-order valence-corrected chi connectivity index (χ3v) is 6.67. The Hall–Kier alpha value is -2.99. The molecule has 3 amide bonds. The number of amides is 3. The van der Waals surface area contributed by atoms with Gasteiger partial charge in [0.25, 0.3) is 17.7 Å². The first-order valence-electron chi connectivity index (χ1n) is 10.9. The van der Waals surface area contributed by atoms with Gasteiger partial charge in [0.1, 0.15) is 6.04 Å². The minimum absolute atomic E-state index is 0.244. The Kier molecular flexibility index (Phi) is 6.15. The number of rotatable bonds is 5. The van der Waals surface area contributed by atoms with E-state index in [1.54, 1.807) is 31.2 Å². The van der Waals surface area contributed by atoms with Crippen molar-refractivity contribution in [3.05, 3.63) is 70.2 Å². The molecule has 4 rings (SSSR count). The second kappa shape index (κ2) is 8.87. The van der Waals surface area contributed by atoms with Gasteiger partial charge in [-0.05, 0) is 51.0 Å². The van der Waals surface area contributed by atoms with Gasteiger partial charge >= 0.3 is 0 Å². The van der Waals surface area contributed by atoms with E-state index in [0.717, 1.165) is 28.4 Å². The van der Waals surface area contributed by atoms with Gasteiger partial charge in [0.15, 0.2) is 5.78 Å². The van der Waals surface area contributed by atoms with Gasteiger partial charge in [0.2, 0.25) is 0 Å². The molecule has 166 valence electrons. The number of hydrogen-bond donors (Lipinski definition) is 0. The van der Waals surface area contributed by atoms with Crippen LogP contribution in [-0.4, -0.2) is 39.6 Å². The van der Waals surface area contributed by atoms with Crippen molar-refractivity contribution in [1.29, 1.82) is 0 Å². The average molecular weight is 453 g/mol. The highest BCUT2D eigenvalue weighted by atomic mass is 35.5. The van der Waals surface area contributed by atoms with Gasteiger partial charge in [0, 0.05) is 16.1 Å². The maximum atomic E-state index is 13.6. The van der Waals surface area contributed by atoms with Crippen LogP contribution in [-0.2, 0) is 9.59 Å². The molecule has 2 aliphatic rings. The zero-order valence-corrected chi connectivity index (χ0v) is 18.8. The van der Waals surface area contributed by atoms with Gasteiger partial charge in [-0.15, -0.1) is 0 Å². The van der Waals surface area contributed by atoms with E-state index in [1.807, 2.05) is 19.1 Å². The van der Waals surface area contributed by atoms with Crippen LogP contribution >= 0.6 is 11.6 Å². The second-order valence-electron chi connectivity index (χ2n) is 8.55. The molecule has 6 nitrogen and oxygen atoms in total. The summed E-state index contributed by atoms with van der Waals surface area (Å²) in [6.45, 7) is 3.47. The number of halogens is 1. The van der Waals surface area contributed by atoms with Crippen LogP contribution in [0.1, 0.15) is 58.9 Å². The summed E-state index contributed by atoms with van der Waals surface area (Å²) >= 11 is 5.96. The molecule has 2 aromatic carbocycles. The van der Waals surface area contributed by atoms with E-state index < -0.39 is 35.6 Å². The van der Waals surface area contributed by atoms with Crippen LogP contribution in [0.15, 0.2) is 48.5 Å². The number of imide groups is 1.